The maximum absolute atomic E-state index is 12.6. The van der Waals surface area contributed by atoms with Gasteiger partial charge in [0.05, 0.1) is 24.6 Å². The predicted octanol–water partition coefficient (Wildman–Crippen LogP) is 2.57. The summed E-state index contributed by atoms with van der Waals surface area (Å²) in [6.45, 7) is 4.05. The van der Waals surface area contributed by atoms with Crippen LogP contribution < -0.4 is 15.0 Å². The van der Waals surface area contributed by atoms with Crippen LogP contribution in [0.4, 0.5) is 0 Å². The number of benzene rings is 2. The van der Waals surface area contributed by atoms with E-state index in [0.29, 0.717) is 12.3 Å². The first-order chi connectivity index (χ1) is 14.8. The summed E-state index contributed by atoms with van der Waals surface area (Å²) in [4.78, 5) is 15.3. The van der Waals surface area contributed by atoms with Crippen molar-refractivity contribution in [3.8, 4) is 16.9 Å². The fourth-order valence-electron chi connectivity index (χ4n) is 3.78. The first kappa shape index (κ1) is 20.6. The van der Waals surface area contributed by atoms with Gasteiger partial charge in [-0.25, -0.2) is 0 Å². The Morgan fingerprint density at radius 1 is 1.03 bits per heavy atom. The van der Waals surface area contributed by atoms with Gasteiger partial charge in [0.2, 0.25) is 0 Å². The number of rotatable bonds is 8. The molecule has 2 aromatic carbocycles. The Balaban J connectivity index is 1.36. The zero-order chi connectivity index (χ0) is 20.6. The minimum absolute atomic E-state index is 0.000544. The number of carbonyl (C=O) groups is 1. The van der Waals surface area contributed by atoms with Crippen molar-refractivity contribution < 1.29 is 19.2 Å². The first-order valence-corrected chi connectivity index (χ1v) is 11.2. The number of hydrogen-bond acceptors (Lipinski definition) is 4. The Bertz CT molecular complexity index is 925. The van der Waals surface area contributed by atoms with Crippen molar-refractivity contribution in [3.63, 3.8) is 0 Å². The van der Waals surface area contributed by atoms with E-state index in [0.717, 1.165) is 37.4 Å². The molecule has 2 heterocycles. The summed E-state index contributed by atoms with van der Waals surface area (Å²) >= 11 is 1.74. The van der Waals surface area contributed by atoms with Crippen molar-refractivity contribution in [3.05, 3.63) is 77.0 Å². The van der Waals surface area contributed by atoms with Gasteiger partial charge in [0.1, 0.15) is 24.9 Å². The van der Waals surface area contributed by atoms with Gasteiger partial charge in [0.25, 0.3) is 5.91 Å². The summed E-state index contributed by atoms with van der Waals surface area (Å²) in [5, 5.41) is 5.17. The molecule has 1 aromatic heterocycles. The molecule has 5 nitrogen and oxygen atoms in total. The number of ether oxygens (including phenoxy) is 2. The van der Waals surface area contributed by atoms with Crippen molar-refractivity contribution in [1.29, 1.82) is 0 Å². The molecule has 30 heavy (non-hydrogen) atoms. The Labute approximate surface area is 181 Å². The van der Waals surface area contributed by atoms with E-state index in [9.17, 15) is 4.79 Å². The number of para-hydroxylation sites is 1. The highest BCUT2D eigenvalue weighted by molar-refractivity contribution is 7.10. The lowest BCUT2D eigenvalue weighted by molar-refractivity contribution is -0.937. The molecule has 1 aliphatic rings. The van der Waals surface area contributed by atoms with Crippen molar-refractivity contribution in [2.75, 3.05) is 39.5 Å². The molecule has 1 atom stereocenters. The summed E-state index contributed by atoms with van der Waals surface area (Å²) in [6.07, 6.45) is 0. The lowest BCUT2D eigenvalue weighted by atomic mass is 10.1. The molecule has 0 radical (unpaired) electrons. The van der Waals surface area contributed by atoms with E-state index in [1.165, 1.54) is 9.78 Å². The van der Waals surface area contributed by atoms with E-state index in [2.05, 4.69) is 22.8 Å². The van der Waals surface area contributed by atoms with Gasteiger partial charge in [-0.1, -0.05) is 54.6 Å². The second-order valence-electron chi connectivity index (χ2n) is 7.29. The van der Waals surface area contributed by atoms with Gasteiger partial charge < -0.3 is 19.7 Å². The topological polar surface area (TPSA) is 52.0 Å². The van der Waals surface area contributed by atoms with Gasteiger partial charge in [-0.15, -0.1) is 11.3 Å². The monoisotopic (exact) mass is 423 g/mol. The van der Waals surface area contributed by atoms with Crippen molar-refractivity contribution >= 4 is 17.2 Å². The molecule has 1 amide bonds. The predicted molar refractivity (Wildman–Crippen MR) is 119 cm³/mol. The Kier molecular flexibility index (Phi) is 7.13. The molecule has 1 aliphatic heterocycles. The minimum Gasteiger partial charge on any atom is -0.483 e. The number of quaternary nitrogens is 1. The maximum atomic E-state index is 12.6. The highest BCUT2D eigenvalue weighted by atomic mass is 32.1. The molecular weight excluding hydrogens is 396 g/mol. The number of amides is 1. The fraction of sp³-hybridized carbons (Fsp3) is 0.292. The third-order valence-corrected chi connectivity index (χ3v) is 6.33. The van der Waals surface area contributed by atoms with Crippen LogP contribution in [0.15, 0.2) is 72.1 Å². The number of morpholine rings is 1. The van der Waals surface area contributed by atoms with Crippen molar-refractivity contribution in [2.45, 2.75) is 6.04 Å². The van der Waals surface area contributed by atoms with Gasteiger partial charge in [-0.05, 0) is 23.1 Å². The van der Waals surface area contributed by atoms with Crippen LogP contribution in [0.1, 0.15) is 10.9 Å². The first-order valence-electron chi connectivity index (χ1n) is 10.3. The van der Waals surface area contributed by atoms with Gasteiger partial charge in [0.15, 0.2) is 6.61 Å². The van der Waals surface area contributed by atoms with E-state index in [-0.39, 0.29) is 18.6 Å². The quantitative estimate of drug-likeness (QED) is 0.586. The third kappa shape index (κ3) is 5.27. The molecule has 0 aliphatic carbocycles. The molecule has 156 valence electrons. The molecule has 0 spiro atoms. The molecule has 0 unspecified atom stereocenters. The van der Waals surface area contributed by atoms with E-state index < -0.39 is 0 Å². The van der Waals surface area contributed by atoms with Crippen LogP contribution in [0.2, 0.25) is 0 Å². The number of thiophene rings is 1. The van der Waals surface area contributed by atoms with E-state index >= 15 is 0 Å². The van der Waals surface area contributed by atoms with E-state index in [4.69, 9.17) is 9.47 Å². The second kappa shape index (κ2) is 10.4. The lowest BCUT2D eigenvalue weighted by Crippen LogP contribution is -3.15. The largest absolute Gasteiger partial charge is 0.483 e. The Morgan fingerprint density at radius 3 is 2.57 bits per heavy atom. The van der Waals surface area contributed by atoms with Gasteiger partial charge in [-0.2, -0.15) is 0 Å². The summed E-state index contributed by atoms with van der Waals surface area (Å²) < 4.78 is 11.4. The number of nitrogens with one attached hydrogen (secondary N) is 2. The molecular formula is C24H27N2O3S+. The summed E-state index contributed by atoms with van der Waals surface area (Å²) in [5.41, 5.74) is 2.06. The Hall–Kier alpha value is -2.67. The Morgan fingerprint density at radius 2 is 1.80 bits per heavy atom. The number of carbonyl (C=O) groups excluding carboxylic acids is 1. The molecule has 6 heteroatoms. The highest BCUT2D eigenvalue weighted by Gasteiger charge is 2.27. The van der Waals surface area contributed by atoms with Crippen LogP contribution in [-0.2, 0) is 9.53 Å². The van der Waals surface area contributed by atoms with E-state index in [1.54, 1.807) is 11.3 Å². The molecule has 1 fully saturated rings. The van der Waals surface area contributed by atoms with Crippen molar-refractivity contribution in [2.24, 2.45) is 0 Å². The summed E-state index contributed by atoms with van der Waals surface area (Å²) in [7, 11) is 0. The molecule has 1 saturated heterocycles. The van der Waals surface area contributed by atoms with Gasteiger partial charge in [-0.3, -0.25) is 4.79 Å². The molecule has 0 bridgehead atoms. The van der Waals surface area contributed by atoms with Crippen molar-refractivity contribution in [1.82, 2.24) is 5.32 Å². The van der Waals surface area contributed by atoms with Crippen LogP contribution in [0.5, 0.6) is 5.75 Å². The smallest absolute Gasteiger partial charge is 0.258 e. The van der Waals surface area contributed by atoms with Crippen LogP contribution in [0.3, 0.4) is 0 Å². The SMILES string of the molecule is O=C(COc1ccccc1-c1ccccc1)NC[C@H](c1cccs1)[NH+]1CCOCC1. The molecule has 4 rings (SSSR count). The normalized spacial score (nSPS) is 15.5. The lowest BCUT2D eigenvalue weighted by Gasteiger charge is -2.31. The van der Waals surface area contributed by atoms with Gasteiger partial charge in [0, 0.05) is 5.56 Å². The molecule has 3 aromatic rings. The summed E-state index contributed by atoms with van der Waals surface area (Å²) in [5.74, 6) is 0.611. The van der Waals surface area contributed by atoms with Gasteiger partial charge >= 0.3 is 0 Å². The second-order valence-corrected chi connectivity index (χ2v) is 8.27. The average molecular weight is 424 g/mol. The standard InChI is InChI=1S/C24H26N2O3S/c27-24(18-29-22-10-5-4-9-20(22)19-7-2-1-3-8-19)25-17-21(23-11-6-16-30-23)26-12-14-28-15-13-26/h1-11,16,21H,12-15,17-18H2,(H,25,27)/p+1/t21-/m1/s1. The number of hydrogen-bond donors (Lipinski definition) is 2. The summed E-state index contributed by atoms with van der Waals surface area (Å²) in [6, 6.07) is 22.3. The van der Waals surface area contributed by atoms with Crippen LogP contribution in [0.25, 0.3) is 11.1 Å². The zero-order valence-corrected chi connectivity index (χ0v) is 17.7. The minimum atomic E-state index is -0.105. The zero-order valence-electron chi connectivity index (χ0n) is 16.9. The average Bonchev–Trinajstić information content (AvgIpc) is 3.34. The van der Waals surface area contributed by atoms with Crippen LogP contribution in [-0.4, -0.2) is 45.4 Å². The maximum Gasteiger partial charge on any atom is 0.258 e. The van der Waals surface area contributed by atoms with Crippen LogP contribution in [0, 0.1) is 0 Å². The van der Waals surface area contributed by atoms with E-state index in [1.807, 2.05) is 54.6 Å². The fourth-order valence-corrected chi connectivity index (χ4v) is 4.66. The molecule has 2 N–H and O–H groups in total. The molecule has 0 saturated carbocycles. The van der Waals surface area contributed by atoms with Crippen LogP contribution >= 0.6 is 11.3 Å². The third-order valence-electron chi connectivity index (χ3n) is 5.35. The highest BCUT2D eigenvalue weighted by Crippen LogP contribution is 2.29.